The summed E-state index contributed by atoms with van der Waals surface area (Å²) in [7, 11) is -2.55. The summed E-state index contributed by atoms with van der Waals surface area (Å²) in [5, 5.41) is 2.84. The lowest BCUT2D eigenvalue weighted by Gasteiger charge is -2.32. The molecule has 0 aromatic heterocycles. The van der Waals surface area contributed by atoms with Gasteiger partial charge in [-0.1, -0.05) is 46.3 Å². The molecule has 2 amide bonds. The molecule has 0 spiro atoms. The van der Waals surface area contributed by atoms with Gasteiger partial charge in [-0.2, -0.15) is 0 Å². The Balaban J connectivity index is 2.02. The fourth-order valence-electron chi connectivity index (χ4n) is 3.81. The van der Waals surface area contributed by atoms with Crippen LogP contribution in [0.25, 0.3) is 0 Å². The molecule has 3 aromatic rings. The molecule has 0 saturated heterocycles. The van der Waals surface area contributed by atoms with E-state index in [9.17, 15) is 18.0 Å². The molecule has 0 aliphatic heterocycles. The number of carbonyl (C=O) groups is 2. The van der Waals surface area contributed by atoms with Crippen LogP contribution in [0.15, 0.2) is 88.2 Å². The highest BCUT2D eigenvalue weighted by Crippen LogP contribution is 2.26. The highest BCUT2D eigenvalue weighted by atomic mass is 79.9. The maximum absolute atomic E-state index is 13.9. The summed E-state index contributed by atoms with van der Waals surface area (Å²) in [5.41, 5.74) is 1.06. The number of rotatable bonds is 11. The normalized spacial score (nSPS) is 12.1. The Hall–Kier alpha value is -3.37. The first-order valence-electron chi connectivity index (χ1n) is 12.1. The van der Waals surface area contributed by atoms with Crippen LogP contribution in [0.5, 0.6) is 5.75 Å². The van der Waals surface area contributed by atoms with Gasteiger partial charge >= 0.3 is 0 Å². The third kappa shape index (κ3) is 7.35. The zero-order chi connectivity index (χ0) is 27.9. The largest absolute Gasteiger partial charge is 0.497 e. The van der Waals surface area contributed by atoms with Crippen molar-refractivity contribution in [3.8, 4) is 5.75 Å². The van der Waals surface area contributed by atoms with Gasteiger partial charge in [0, 0.05) is 17.1 Å². The predicted molar refractivity (Wildman–Crippen MR) is 151 cm³/mol. The van der Waals surface area contributed by atoms with E-state index in [4.69, 9.17) is 4.74 Å². The third-order valence-corrected chi connectivity index (χ3v) is 8.13. The lowest BCUT2D eigenvalue weighted by Crippen LogP contribution is -2.52. The molecule has 202 valence electrons. The number of hydrogen-bond donors (Lipinski definition) is 1. The van der Waals surface area contributed by atoms with Crippen LogP contribution in [-0.2, 0) is 26.2 Å². The minimum absolute atomic E-state index is 0.0562. The van der Waals surface area contributed by atoms with Gasteiger partial charge in [0.05, 0.1) is 17.7 Å². The van der Waals surface area contributed by atoms with Gasteiger partial charge in [-0.15, -0.1) is 0 Å². The number of nitrogens with zero attached hydrogens (tertiary/aromatic N) is 2. The number of anilines is 1. The first-order valence-corrected chi connectivity index (χ1v) is 14.3. The first-order chi connectivity index (χ1) is 18.0. The standard InChI is InChI=1S/C28H32BrN3O5S/c1-20(2)30-28(34)21(3)31(18-22-9-8-10-25(17-22)37-4)27(33)19-32(24-15-13-23(29)14-16-24)38(35,36)26-11-6-5-7-12-26/h5-17,20-21H,18-19H2,1-4H3,(H,30,34)/t21-/m0/s1. The molecule has 0 radical (unpaired) electrons. The van der Waals surface area contributed by atoms with Crippen LogP contribution in [0.2, 0.25) is 0 Å². The second-order valence-electron chi connectivity index (χ2n) is 9.01. The van der Waals surface area contributed by atoms with Crippen molar-refractivity contribution in [2.45, 2.75) is 44.3 Å². The highest BCUT2D eigenvalue weighted by molar-refractivity contribution is 9.10. The zero-order valence-electron chi connectivity index (χ0n) is 21.8. The second-order valence-corrected chi connectivity index (χ2v) is 11.8. The first kappa shape index (κ1) is 29.2. The molecule has 0 aliphatic rings. The average molecular weight is 603 g/mol. The van der Waals surface area contributed by atoms with Gasteiger partial charge in [-0.05, 0) is 74.9 Å². The molecule has 8 nitrogen and oxygen atoms in total. The van der Waals surface area contributed by atoms with Gasteiger partial charge in [0.25, 0.3) is 10.0 Å². The SMILES string of the molecule is COc1cccc(CN(C(=O)CN(c2ccc(Br)cc2)S(=O)(=O)c2ccccc2)[C@@H](C)C(=O)NC(C)C)c1. The molecule has 0 unspecified atom stereocenters. The van der Waals surface area contributed by atoms with Crippen LogP contribution in [0.1, 0.15) is 26.3 Å². The van der Waals surface area contributed by atoms with Crippen molar-refractivity contribution in [3.05, 3.63) is 88.9 Å². The summed E-state index contributed by atoms with van der Waals surface area (Å²) < 4.78 is 34.6. The van der Waals surface area contributed by atoms with E-state index in [1.807, 2.05) is 19.9 Å². The van der Waals surface area contributed by atoms with Crippen molar-refractivity contribution in [1.29, 1.82) is 0 Å². The van der Waals surface area contributed by atoms with Gasteiger partial charge in [0.2, 0.25) is 11.8 Å². The van der Waals surface area contributed by atoms with Crippen molar-refractivity contribution >= 4 is 43.5 Å². The molecular formula is C28H32BrN3O5S. The Morgan fingerprint density at radius 1 is 0.947 bits per heavy atom. The van der Waals surface area contributed by atoms with E-state index >= 15 is 0 Å². The number of sulfonamides is 1. The summed E-state index contributed by atoms with van der Waals surface area (Å²) in [6, 6.07) is 20.8. The van der Waals surface area contributed by atoms with E-state index in [0.717, 1.165) is 14.3 Å². The minimum Gasteiger partial charge on any atom is -0.497 e. The van der Waals surface area contributed by atoms with E-state index in [1.165, 1.54) is 17.0 Å². The topological polar surface area (TPSA) is 96.0 Å². The maximum Gasteiger partial charge on any atom is 0.264 e. The molecular weight excluding hydrogens is 570 g/mol. The van der Waals surface area contributed by atoms with Crippen LogP contribution in [-0.4, -0.2) is 50.9 Å². The van der Waals surface area contributed by atoms with E-state index in [2.05, 4.69) is 21.2 Å². The van der Waals surface area contributed by atoms with Crippen LogP contribution in [0, 0.1) is 0 Å². The van der Waals surface area contributed by atoms with Gasteiger partial charge < -0.3 is 15.0 Å². The van der Waals surface area contributed by atoms with Crippen LogP contribution in [0.3, 0.4) is 0 Å². The van der Waals surface area contributed by atoms with Crippen molar-refractivity contribution in [3.63, 3.8) is 0 Å². The van der Waals surface area contributed by atoms with Crippen LogP contribution in [0.4, 0.5) is 5.69 Å². The molecule has 0 fully saturated rings. The Bertz CT molecular complexity index is 1350. The number of hydrogen-bond acceptors (Lipinski definition) is 5. The number of halogens is 1. The second kappa shape index (κ2) is 12.9. The number of benzene rings is 3. The number of ether oxygens (including phenoxy) is 1. The van der Waals surface area contributed by atoms with Gasteiger partial charge in [-0.3, -0.25) is 13.9 Å². The van der Waals surface area contributed by atoms with Crippen LogP contribution >= 0.6 is 15.9 Å². The molecule has 1 atom stereocenters. The molecule has 0 heterocycles. The smallest absolute Gasteiger partial charge is 0.264 e. The molecule has 1 N–H and O–H groups in total. The summed E-state index contributed by atoms with van der Waals surface area (Å²) in [5.74, 6) is -0.253. The van der Waals surface area contributed by atoms with Gasteiger partial charge in [0.15, 0.2) is 0 Å². The van der Waals surface area contributed by atoms with E-state index in [-0.39, 0.29) is 23.4 Å². The molecule has 3 rings (SSSR count). The minimum atomic E-state index is -4.09. The lowest BCUT2D eigenvalue weighted by atomic mass is 10.1. The van der Waals surface area contributed by atoms with Crippen LogP contribution < -0.4 is 14.4 Å². The molecule has 0 bridgehead atoms. The van der Waals surface area contributed by atoms with Gasteiger partial charge in [-0.25, -0.2) is 8.42 Å². The Morgan fingerprint density at radius 3 is 2.21 bits per heavy atom. The van der Waals surface area contributed by atoms with Crippen molar-refractivity contribution in [1.82, 2.24) is 10.2 Å². The maximum atomic E-state index is 13.9. The number of amides is 2. The summed E-state index contributed by atoms with van der Waals surface area (Å²) in [4.78, 5) is 28.3. The fourth-order valence-corrected chi connectivity index (χ4v) is 5.51. The Morgan fingerprint density at radius 2 is 1.61 bits per heavy atom. The van der Waals surface area contributed by atoms with E-state index < -0.39 is 28.5 Å². The lowest BCUT2D eigenvalue weighted by molar-refractivity contribution is -0.139. The zero-order valence-corrected chi connectivity index (χ0v) is 24.2. The number of nitrogens with one attached hydrogen (secondary N) is 1. The van der Waals surface area contributed by atoms with Crippen molar-refractivity contribution < 1.29 is 22.7 Å². The van der Waals surface area contributed by atoms with Gasteiger partial charge in [0.1, 0.15) is 18.3 Å². The van der Waals surface area contributed by atoms with E-state index in [0.29, 0.717) is 11.4 Å². The molecule has 0 aliphatic carbocycles. The number of carbonyl (C=O) groups excluding carboxylic acids is 2. The average Bonchev–Trinajstić information content (AvgIpc) is 2.90. The quantitative estimate of drug-likeness (QED) is 0.347. The monoisotopic (exact) mass is 601 g/mol. The summed E-state index contributed by atoms with van der Waals surface area (Å²) in [6.45, 7) is 4.89. The van der Waals surface area contributed by atoms with E-state index in [1.54, 1.807) is 74.7 Å². The third-order valence-electron chi connectivity index (χ3n) is 5.81. The van der Waals surface area contributed by atoms with Crippen molar-refractivity contribution in [2.75, 3.05) is 18.0 Å². The number of methoxy groups -OCH3 is 1. The molecule has 10 heteroatoms. The summed E-state index contributed by atoms with van der Waals surface area (Å²) in [6.07, 6.45) is 0. The Labute approximate surface area is 232 Å². The molecule has 0 saturated carbocycles. The fraction of sp³-hybridized carbons (Fsp3) is 0.286. The molecule has 3 aromatic carbocycles. The molecule has 38 heavy (non-hydrogen) atoms. The van der Waals surface area contributed by atoms with Crippen molar-refractivity contribution in [2.24, 2.45) is 0 Å². The predicted octanol–water partition coefficient (Wildman–Crippen LogP) is 4.59. The summed E-state index contributed by atoms with van der Waals surface area (Å²) >= 11 is 3.37. The highest BCUT2D eigenvalue weighted by Gasteiger charge is 2.32. The Kier molecular flexibility index (Phi) is 9.93.